The highest BCUT2D eigenvalue weighted by Gasteiger charge is 2.16. The third-order valence-corrected chi connectivity index (χ3v) is 7.12. The highest BCUT2D eigenvalue weighted by atomic mass is 35.5. The van der Waals surface area contributed by atoms with Crippen LogP contribution in [0.15, 0.2) is 108 Å². The Morgan fingerprint density at radius 3 is 2.36 bits per heavy atom. The maximum atomic E-state index is 13.3. The molecular weight excluding hydrogens is 551 g/mol. The maximum absolute atomic E-state index is 13.3. The van der Waals surface area contributed by atoms with Crippen LogP contribution in [-0.4, -0.2) is 23.4 Å². The van der Waals surface area contributed by atoms with Gasteiger partial charge in [0.05, 0.1) is 10.8 Å². The summed E-state index contributed by atoms with van der Waals surface area (Å²) in [6.45, 7) is 1.95. The molecule has 0 atom stereocenters. The molecule has 0 aromatic heterocycles. The van der Waals surface area contributed by atoms with Crippen molar-refractivity contribution >= 4 is 64.3 Å². The Balaban J connectivity index is 1.49. The summed E-state index contributed by atoms with van der Waals surface area (Å²) in [6.07, 6.45) is 1.64. The third kappa shape index (κ3) is 8.07. The van der Waals surface area contributed by atoms with Gasteiger partial charge in [-0.05, 0) is 67.1 Å². The number of carbonyl (C=O) groups is 3. The molecule has 0 aliphatic heterocycles. The summed E-state index contributed by atoms with van der Waals surface area (Å²) in [5.41, 5.74) is 3.25. The number of anilines is 1. The average molecular weight is 576 g/mol. The van der Waals surface area contributed by atoms with Crippen molar-refractivity contribution in [2.75, 3.05) is 11.1 Å². The van der Waals surface area contributed by atoms with Crippen LogP contribution in [0.3, 0.4) is 0 Å². The molecule has 5 nitrogen and oxygen atoms in total. The summed E-state index contributed by atoms with van der Waals surface area (Å²) in [7, 11) is 0. The van der Waals surface area contributed by atoms with E-state index in [1.165, 1.54) is 17.8 Å². The van der Waals surface area contributed by atoms with Gasteiger partial charge >= 0.3 is 0 Å². The Morgan fingerprint density at radius 2 is 1.62 bits per heavy atom. The van der Waals surface area contributed by atoms with Crippen LogP contribution in [0, 0.1) is 6.92 Å². The van der Waals surface area contributed by atoms with Crippen molar-refractivity contribution in [2.45, 2.75) is 11.8 Å². The molecule has 0 aliphatic carbocycles. The lowest BCUT2D eigenvalue weighted by Gasteiger charge is -2.12. The monoisotopic (exact) mass is 574 g/mol. The van der Waals surface area contributed by atoms with Crippen LogP contribution in [0.1, 0.15) is 31.8 Å². The summed E-state index contributed by atoms with van der Waals surface area (Å²) < 4.78 is 0. The number of carbonyl (C=O) groups excluding carboxylic acids is 3. The number of halogens is 2. The first kappa shape index (κ1) is 28.2. The van der Waals surface area contributed by atoms with E-state index >= 15 is 0 Å². The van der Waals surface area contributed by atoms with E-state index < -0.39 is 11.8 Å². The fraction of sp³-hybridized carbons (Fsp3) is 0.0645. The Labute approximate surface area is 241 Å². The zero-order chi connectivity index (χ0) is 27.8. The lowest BCUT2D eigenvalue weighted by Crippen LogP contribution is -2.30. The first-order chi connectivity index (χ1) is 18.8. The SMILES string of the molecule is Cc1cccc(/C=C(\NC(=O)c2ccccc2)C(=O)Nc2cccc(SCC(=O)c3ccc(Cl)cc3Cl)c2)c1. The molecule has 0 aliphatic rings. The van der Waals surface area contributed by atoms with E-state index in [4.69, 9.17) is 23.2 Å². The second-order valence-electron chi connectivity index (χ2n) is 8.61. The molecule has 0 saturated heterocycles. The minimum Gasteiger partial charge on any atom is -0.321 e. The Bertz CT molecular complexity index is 1550. The molecule has 0 spiro atoms. The molecule has 0 fully saturated rings. The summed E-state index contributed by atoms with van der Waals surface area (Å²) in [5.74, 6) is -0.854. The second-order valence-corrected chi connectivity index (χ2v) is 10.5. The number of aryl methyl sites for hydroxylation is 1. The minimum atomic E-state index is -0.480. The summed E-state index contributed by atoms with van der Waals surface area (Å²) in [6, 6.07) is 28.2. The maximum Gasteiger partial charge on any atom is 0.272 e. The van der Waals surface area contributed by atoms with Crippen molar-refractivity contribution in [1.82, 2.24) is 5.32 Å². The molecule has 2 N–H and O–H groups in total. The van der Waals surface area contributed by atoms with E-state index in [0.29, 0.717) is 26.9 Å². The van der Waals surface area contributed by atoms with Crippen LogP contribution >= 0.6 is 35.0 Å². The number of hydrogen-bond donors (Lipinski definition) is 2. The second kappa shape index (κ2) is 13.3. The topological polar surface area (TPSA) is 75.3 Å². The van der Waals surface area contributed by atoms with Crippen molar-refractivity contribution in [1.29, 1.82) is 0 Å². The fourth-order valence-corrected chi connectivity index (χ4v) is 5.03. The van der Waals surface area contributed by atoms with E-state index in [-0.39, 0.29) is 17.2 Å². The highest BCUT2D eigenvalue weighted by Crippen LogP contribution is 2.26. The number of hydrogen-bond acceptors (Lipinski definition) is 4. The summed E-state index contributed by atoms with van der Waals surface area (Å²) >= 11 is 13.4. The number of thioether (sulfide) groups is 1. The van der Waals surface area contributed by atoms with Crippen LogP contribution in [0.25, 0.3) is 6.08 Å². The number of Topliss-reactive ketones (excluding diaryl/α,β-unsaturated/α-hetero) is 1. The highest BCUT2D eigenvalue weighted by molar-refractivity contribution is 8.00. The zero-order valence-corrected chi connectivity index (χ0v) is 23.2. The Hall–Kier alpha value is -3.84. The van der Waals surface area contributed by atoms with Crippen LogP contribution in [0.2, 0.25) is 10.0 Å². The van der Waals surface area contributed by atoms with Gasteiger partial charge in [-0.3, -0.25) is 14.4 Å². The number of benzene rings is 4. The van der Waals surface area contributed by atoms with Crippen molar-refractivity contribution in [3.8, 4) is 0 Å². The number of rotatable bonds is 9. The molecule has 2 amide bonds. The van der Waals surface area contributed by atoms with Gasteiger partial charge in [0.15, 0.2) is 5.78 Å². The van der Waals surface area contributed by atoms with Crippen molar-refractivity contribution in [3.63, 3.8) is 0 Å². The standard InChI is InChI=1S/C31H24Cl2N2O3S/c1-20-7-5-8-21(15-20)16-28(35-30(37)22-9-3-2-4-10-22)31(38)34-24-11-6-12-25(18-24)39-19-29(36)26-14-13-23(32)17-27(26)33/h2-18H,19H2,1H3,(H,34,38)(H,35,37)/b28-16-. The Kier molecular flexibility index (Phi) is 9.60. The molecule has 0 bridgehead atoms. The van der Waals surface area contributed by atoms with Gasteiger partial charge in [-0.15, -0.1) is 11.8 Å². The molecule has 196 valence electrons. The smallest absolute Gasteiger partial charge is 0.272 e. The molecule has 39 heavy (non-hydrogen) atoms. The fourth-order valence-electron chi connectivity index (χ4n) is 3.67. The molecule has 0 heterocycles. The van der Waals surface area contributed by atoms with Gasteiger partial charge in [0.1, 0.15) is 5.70 Å². The molecule has 0 unspecified atom stereocenters. The predicted octanol–water partition coefficient (Wildman–Crippen LogP) is 7.69. The van der Waals surface area contributed by atoms with Gasteiger partial charge in [-0.1, -0.05) is 77.3 Å². The van der Waals surface area contributed by atoms with E-state index in [0.717, 1.165) is 16.0 Å². The number of ketones is 1. The molecule has 0 radical (unpaired) electrons. The van der Waals surface area contributed by atoms with E-state index in [9.17, 15) is 14.4 Å². The van der Waals surface area contributed by atoms with Crippen LogP contribution < -0.4 is 10.6 Å². The largest absolute Gasteiger partial charge is 0.321 e. The Morgan fingerprint density at radius 1 is 0.846 bits per heavy atom. The van der Waals surface area contributed by atoms with E-state index in [2.05, 4.69) is 10.6 Å². The number of nitrogens with one attached hydrogen (secondary N) is 2. The molecule has 4 aromatic rings. The van der Waals surface area contributed by atoms with Crippen LogP contribution in [-0.2, 0) is 4.79 Å². The van der Waals surface area contributed by atoms with Crippen molar-refractivity contribution in [3.05, 3.63) is 135 Å². The van der Waals surface area contributed by atoms with E-state index in [1.807, 2.05) is 43.3 Å². The van der Waals surface area contributed by atoms with Gasteiger partial charge in [-0.25, -0.2) is 0 Å². The minimum absolute atomic E-state index is 0.0973. The molecule has 0 saturated carbocycles. The first-order valence-electron chi connectivity index (χ1n) is 12.0. The van der Waals surface area contributed by atoms with Gasteiger partial charge < -0.3 is 10.6 Å². The van der Waals surface area contributed by atoms with Crippen molar-refractivity contribution < 1.29 is 14.4 Å². The van der Waals surface area contributed by atoms with Crippen LogP contribution in [0.4, 0.5) is 5.69 Å². The predicted molar refractivity (Wildman–Crippen MR) is 160 cm³/mol. The van der Waals surface area contributed by atoms with Gasteiger partial charge in [0.2, 0.25) is 0 Å². The zero-order valence-electron chi connectivity index (χ0n) is 20.9. The lowest BCUT2D eigenvalue weighted by atomic mass is 10.1. The summed E-state index contributed by atoms with van der Waals surface area (Å²) in [4.78, 5) is 39.6. The average Bonchev–Trinajstić information content (AvgIpc) is 2.92. The molecule has 4 rings (SSSR count). The molecular formula is C31H24Cl2N2O3S. The quantitative estimate of drug-likeness (QED) is 0.122. The third-order valence-electron chi connectivity index (χ3n) is 5.58. The summed E-state index contributed by atoms with van der Waals surface area (Å²) in [5, 5.41) is 6.36. The molecule has 8 heteroatoms. The van der Waals surface area contributed by atoms with E-state index in [1.54, 1.807) is 60.7 Å². The first-order valence-corrected chi connectivity index (χ1v) is 13.7. The number of amides is 2. The molecule has 4 aromatic carbocycles. The van der Waals surface area contributed by atoms with Gasteiger partial charge in [0.25, 0.3) is 11.8 Å². The normalized spacial score (nSPS) is 11.1. The lowest BCUT2D eigenvalue weighted by molar-refractivity contribution is -0.113. The van der Waals surface area contributed by atoms with Gasteiger partial charge in [0, 0.05) is 26.7 Å². The van der Waals surface area contributed by atoms with Crippen LogP contribution in [0.5, 0.6) is 0 Å². The van der Waals surface area contributed by atoms with Crippen molar-refractivity contribution in [2.24, 2.45) is 0 Å². The van der Waals surface area contributed by atoms with Gasteiger partial charge in [-0.2, -0.15) is 0 Å².